The zero-order valence-electron chi connectivity index (χ0n) is 13.4. The van der Waals surface area contributed by atoms with Crippen LogP contribution in [0.1, 0.15) is 5.56 Å². The van der Waals surface area contributed by atoms with E-state index in [0.717, 1.165) is 16.7 Å². The number of ether oxygens (including phenoxy) is 1. The molecule has 1 N–H and O–H groups in total. The number of halogens is 1. The Morgan fingerprint density at radius 1 is 1.12 bits per heavy atom. The lowest BCUT2D eigenvalue weighted by molar-refractivity contribution is 0.215. The number of aryl methyl sites for hydroxylation is 2. The fourth-order valence-electron chi connectivity index (χ4n) is 2.54. The normalized spacial score (nSPS) is 10.5. The molecule has 0 aliphatic heterocycles. The summed E-state index contributed by atoms with van der Waals surface area (Å²) in [4.78, 5) is 12.2. The van der Waals surface area contributed by atoms with Crippen molar-refractivity contribution < 1.29 is 9.53 Å². The van der Waals surface area contributed by atoms with Crippen molar-refractivity contribution in [3.8, 4) is 16.9 Å². The number of benzene rings is 2. The van der Waals surface area contributed by atoms with Gasteiger partial charge in [-0.1, -0.05) is 41.9 Å². The number of carbonyl (C=O) groups is 1. The van der Waals surface area contributed by atoms with Gasteiger partial charge >= 0.3 is 6.09 Å². The van der Waals surface area contributed by atoms with Crippen LogP contribution in [0.5, 0.6) is 5.75 Å². The standard InChI is InChI=1S/C19H17ClN2O2/c1-13-11-22(2)12-18(13)24-19(23)21-17-9-4-3-8-16(17)14-6-5-7-15(20)10-14/h3-12H,1-2H3,(H,21,23). The lowest BCUT2D eigenvalue weighted by atomic mass is 10.0. The number of aromatic nitrogens is 1. The Labute approximate surface area is 145 Å². The number of nitrogens with one attached hydrogen (secondary N) is 1. The van der Waals surface area contributed by atoms with E-state index in [9.17, 15) is 4.79 Å². The van der Waals surface area contributed by atoms with Crippen LogP contribution < -0.4 is 10.1 Å². The lowest BCUT2D eigenvalue weighted by Gasteiger charge is -2.11. The average molecular weight is 341 g/mol. The van der Waals surface area contributed by atoms with Gasteiger partial charge in [-0.3, -0.25) is 5.32 Å². The van der Waals surface area contributed by atoms with Crippen molar-refractivity contribution in [3.05, 3.63) is 71.5 Å². The number of carbonyl (C=O) groups excluding carboxylic acids is 1. The van der Waals surface area contributed by atoms with Crippen molar-refractivity contribution in [2.75, 3.05) is 5.32 Å². The summed E-state index contributed by atoms with van der Waals surface area (Å²) in [5, 5.41) is 3.44. The minimum atomic E-state index is -0.529. The zero-order chi connectivity index (χ0) is 17.1. The molecule has 1 amide bonds. The maximum atomic E-state index is 12.2. The zero-order valence-corrected chi connectivity index (χ0v) is 14.2. The van der Waals surface area contributed by atoms with Crippen molar-refractivity contribution >= 4 is 23.4 Å². The van der Waals surface area contributed by atoms with Crippen LogP contribution >= 0.6 is 11.6 Å². The predicted octanol–water partition coefficient (Wildman–Crippen LogP) is 5.26. The lowest BCUT2D eigenvalue weighted by Crippen LogP contribution is -2.17. The molecule has 3 rings (SSSR count). The van der Waals surface area contributed by atoms with Crippen LogP contribution in [-0.4, -0.2) is 10.7 Å². The first-order valence-electron chi connectivity index (χ1n) is 7.49. The first-order chi connectivity index (χ1) is 11.5. The molecule has 0 aliphatic carbocycles. The Hall–Kier alpha value is -2.72. The summed E-state index contributed by atoms with van der Waals surface area (Å²) >= 11 is 6.07. The molecule has 0 atom stereocenters. The molecule has 0 unspecified atom stereocenters. The third-order valence-electron chi connectivity index (χ3n) is 3.61. The second kappa shape index (κ2) is 6.81. The number of amides is 1. The minimum Gasteiger partial charge on any atom is -0.408 e. The number of hydrogen-bond acceptors (Lipinski definition) is 2. The van der Waals surface area contributed by atoms with E-state index in [0.29, 0.717) is 16.5 Å². The molecule has 0 saturated heterocycles. The summed E-state index contributed by atoms with van der Waals surface area (Å²) in [5.41, 5.74) is 3.37. The average Bonchev–Trinajstić information content (AvgIpc) is 2.85. The van der Waals surface area contributed by atoms with E-state index in [4.69, 9.17) is 16.3 Å². The van der Waals surface area contributed by atoms with Gasteiger partial charge in [-0.25, -0.2) is 4.79 Å². The smallest absolute Gasteiger partial charge is 0.408 e. The molecule has 0 bridgehead atoms. The molecule has 3 aromatic rings. The highest BCUT2D eigenvalue weighted by atomic mass is 35.5. The van der Waals surface area contributed by atoms with E-state index in [1.165, 1.54) is 0 Å². The summed E-state index contributed by atoms with van der Waals surface area (Å²) in [7, 11) is 1.88. The third-order valence-corrected chi connectivity index (χ3v) is 3.84. The van der Waals surface area contributed by atoms with Crippen molar-refractivity contribution in [2.24, 2.45) is 7.05 Å². The Bertz CT molecular complexity index is 887. The van der Waals surface area contributed by atoms with E-state index < -0.39 is 6.09 Å². The van der Waals surface area contributed by atoms with Gasteiger partial charge in [0.05, 0.1) is 5.69 Å². The van der Waals surface area contributed by atoms with Crippen LogP contribution in [0.2, 0.25) is 5.02 Å². The predicted molar refractivity (Wildman–Crippen MR) is 96.7 cm³/mol. The molecular weight excluding hydrogens is 324 g/mol. The first-order valence-corrected chi connectivity index (χ1v) is 7.87. The molecule has 0 saturated carbocycles. The molecule has 5 heteroatoms. The molecule has 0 fully saturated rings. The van der Waals surface area contributed by atoms with Crippen LogP contribution in [0, 0.1) is 6.92 Å². The number of nitrogens with zero attached hydrogens (tertiary/aromatic N) is 1. The Balaban J connectivity index is 1.83. The van der Waals surface area contributed by atoms with Gasteiger partial charge in [0.2, 0.25) is 0 Å². The Morgan fingerprint density at radius 3 is 2.62 bits per heavy atom. The molecule has 24 heavy (non-hydrogen) atoms. The van der Waals surface area contributed by atoms with Gasteiger partial charge in [0.15, 0.2) is 5.75 Å². The Kier molecular flexibility index (Phi) is 4.58. The minimum absolute atomic E-state index is 0.529. The monoisotopic (exact) mass is 340 g/mol. The van der Waals surface area contributed by atoms with Gasteiger partial charge in [0, 0.05) is 35.6 Å². The van der Waals surface area contributed by atoms with Gasteiger partial charge in [0.1, 0.15) is 0 Å². The van der Waals surface area contributed by atoms with Gasteiger partial charge in [-0.05, 0) is 30.7 Å². The molecule has 0 spiro atoms. The van der Waals surface area contributed by atoms with E-state index in [1.807, 2.05) is 73.3 Å². The van der Waals surface area contributed by atoms with E-state index in [2.05, 4.69) is 5.32 Å². The fraction of sp³-hybridized carbons (Fsp3) is 0.105. The summed E-state index contributed by atoms with van der Waals surface area (Å²) < 4.78 is 7.23. The summed E-state index contributed by atoms with van der Waals surface area (Å²) in [6, 6.07) is 15.0. The summed E-state index contributed by atoms with van der Waals surface area (Å²) in [6.45, 7) is 1.89. The van der Waals surface area contributed by atoms with Crippen molar-refractivity contribution in [1.29, 1.82) is 0 Å². The van der Waals surface area contributed by atoms with Gasteiger partial charge in [-0.2, -0.15) is 0 Å². The molecule has 122 valence electrons. The Morgan fingerprint density at radius 2 is 1.92 bits per heavy atom. The first kappa shape index (κ1) is 16.1. The fourth-order valence-corrected chi connectivity index (χ4v) is 2.73. The quantitative estimate of drug-likeness (QED) is 0.706. The van der Waals surface area contributed by atoms with Crippen LogP contribution in [0.15, 0.2) is 60.9 Å². The van der Waals surface area contributed by atoms with E-state index in [-0.39, 0.29) is 0 Å². The van der Waals surface area contributed by atoms with E-state index in [1.54, 1.807) is 6.20 Å². The summed E-state index contributed by atoms with van der Waals surface area (Å²) in [6.07, 6.45) is 3.12. The van der Waals surface area contributed by atoms with Crippen molar-refractivity contribution in [2.45, 2.75) is 6.92 Å². The largest absolute Gasteiger partial charge is 0.417 e. The molecule has 0 aliphatic rings. The second-order valence-electron chi connectivity index (χ2n) is 5.54. The molecule has 4 nitrogen and oxygen atoms in total. The number of para-hydroxylation sites is 1. The number of anilines is 1. The van der Waals surface area contributed by atoms with Crippen LogP contribution in [0.3, 0.4) is 0 Å². The van der Waals surface area contributed by atoms with Crippen molar-refractivity contribution in [1.82, 2.24) is 4.57 Å². The molecule has 1 heterocycles. The van der Waals surface area contributed by atoms with Gasteiger partial charge in [0.25, 0.3) is 0 Å². The molecule has 2 aromatic carbocycles. The molecular formula is C19H17ClN2O2. The van der Waals surface area contributed by atoms with Crippen molar-refractivity contribution in [3.63, 3.8) is 0 Å². The van der Waals surface area contributed by atoms with Crippen LogP contribution in [0.4, 0.5) is 10.5 Å². The number of rotatable bonds is 3. The molecule has 0 radical (unpaired) electrons. The maximum Gasteiger partial charge on any atom is 0.417 e. The van der Waals surface area contributed by atoms with Gasteiger partial charge in [-0.15, -0.1) is 0 Å². The highest BCUT2D eigenvalue weighted by molar-refractivity contribution is 6.30. The topological polar surface area (TPSA) is 43.3 Å². The maximum absolute atomic E-state index is 12.2. The highest BCUT2D eigenvalue weighted by Gasteiger charge is 2.12. The number of hydrogen-bond donors (Lipinski definition) is 1. The van der Waals surface area contributed by atoms with Crippen LogP contribution in [-0.2, 0) is 7.05 Å². The third kappa shape index (κ3) is 3.60. The second-order valence-corrected chi connectivity index (χ2v) is 5.98. The SMILES string of the molecule is Cc1cn(C)cc1OC(=O)Nc1ccccc1-c1cccc(Cl)c1. The summed E-state index contributed by atoms with van der Waals surface area (Å²) in [5.74, 6) is 0.537. The van der Waals surface area contributed by atoms with E-state index >= 15 is 0 Å². The van der Waals surface area contributed by atoms with Crippen LogP contribution in [0.25, 0.3) is 11.1 Å². The molecule has 1 aromatic heterocycles. The highest BCUT2D eigenvalue weighted by Crippen LogP contribution is 2.30. The van der Waals surface area contributed by atoms with Gasteiger partial charge < -0.3 is 9.30 Å².